The van der Waals surface area contributed by atoms with E-state index in [1.165, 1.54) is 6.33 Å². The average molecular weight is 284 g/mol. The van der Waals surface area contributed by atoms with Crippen LogP contribution in [0, 0.1) is 6.92 Å². The van der Waals surface area contributed by atoms with Crippen LogP contribution in [0.25, 0.3) is 11.3 Å². The largest absolute Gasteiger partial charge is 0.236 e. The number of nitrogens with zero attached hydrogens (tertiary/aromatic N) is 2. The Morgan fingerprint density at radius 3 is 2.67 bits per heavy atom. The van der Waals surface area contributed by atoms with Gasteiger partial charge in [0.2, 0.25) is 0 Å². The lowest BCUT2D eigenvalue weighted by atomic mass is 10.1. The smallest absolute Gasteiger partial charge is 0.117 e. The van der Waals surface area contributed by atoms with Gasteiger partial charge in [0.05, 0.1) is 5.69 Å². The van der Waals surface area contributed by atoms with Crippen molar-refractivity contribution >= 4 is 27.5 Å². The van der Waals surface area contributed by atoms with Crippen LogP contribution >= 0.6 is 27.5 Å². The first-order valence-electron chi connectivity index (χ1n) is 4.41. The van der Waals surface area contributed by atoms with Crippen molar-refractivity contribution in [1.29, 1.82) is 0 Å². The minimum absolute atomic E-state index is 0.752. The molecule has 0 aliphatic rings. The van der Waals surface area contributed by atoms with Crippen LogP contribution in [0.4, 0.5) is 0 Å². The third kappa shape index (κ3) is 2.36. The van der Waals surface area contributed by atoms with Crippen molar-refractivity contribution in [2.75, 3.05) is 0 Å². The zero-order chi connectivity index (χ0) is 10.8. The van der Waals surface area contributed by atoms with Crippen molar-refractivity contribution in [2.24, 2.45) is 0 Å². The van der Waals surface area contributed by atoms with Crippen molar-refractivity contribution in [3.63, 3.8) is 0 Å². The van der Waals surface area contributed by atoms with E-state index in [0.29, 0.717) is 0 Å². The van der Waals surface area contributed by atoms with Crippen LogP contribution in [0.3, 0.4) is 0 Å². The number of hydrogen-bond acceptors (Lipinski definition) is 2. The van der Waals surface area contributed by atoms with Crippen molar-refractivity contribution in [2.45, 2.75) is 6.92 Å². The maximum Gasteiger partial charge on any atom is 0.117 e. The Balaban J connectivity index is 2.50. The Morgan fingerprint density at radius 2 is 2.00 bits per heavy atom. The Morgan fingerprint density at radius 1 is 1.20 bits per heavy atom. The highest BCUT2D eigenvalue weighted by Crippen LogP contribution is 2.24. The summed E-state index contributed by atoms with van der Waals surface area (Å²) in [7, 11) is 0. The van der Waals surface area contributed by atoms with Gasteiger partial charge in [-0.05, 0) is 40.5 Å². The first-order valence-corrected chi connectivity index (χ1v) is 5.58. The SMILES string of the molecule is Cc1ccc(-c2cc(Br)ncn2)cc1Cl. The Labute approximate surface area is 101 Å². The molecule has 4 heteroatoms. The zero-order valence-electron chi connectivity index (χ0n) is 8.04. The van der Waals surface area contributed by atoms with Gasteiger partial charge in [0.15, 0.2) is 0 Å². The van der Waals surface area contributed by atoms with Crippen molar-refractivity contribution in [1.82, 2.24) is 9.97 Å². The molecule has 0 radical (unpaired) electrons. The van der Waals surface area contributed by atoms with E-state index in [2.05, 4.69) is 25.9 Å². The molecule has 0 saturated carbocycles. The maximum absolute atomic E-state index is 6.05. The quantitative estimate of drug-likeness (QED) is 0.743. The van der Waals surface area contributed by atoms with Crippen LogP contribution in [-0.2, 0) is 0 Å². The minimum atomic E-state index is 0.752. The summed E-state index contributed by atoms with van der Waals surface area (Å²) in [4.78, 5) is 8.16. The fourth-order valence-electron chi connectivity index (χ4n) is 1.24. The van der Waals surface area contributed by atoms with Gasteiger partial charge in [0.25, 0.3) is 0 Å². The second-order valence-corrected chi connectivity index (χ2v) is 4.41. The molecule has 0 unspecified atom stereocenters. The average Bonchev–Trinajstić information content (AvgIpc) is 2.22. The summed E-state index contributed by atoms with van der Waals surface area (Å²) in [6, 6.07) is 7.75. The summed E-state index contributed by atoms with van der Waals surface area (Å²) >= 11 is 9.36. The van der Waals surface area contributed by atoms with Crippen molar-refractivity contribution < 1.29 is 0 Å². The van der Waals surface area contributed by atoms with Crippen LogP contribution in [0.1, 0.15) is 5.56 Å². The summed E-state index contributed by atoms with van der Waals surface area (Å²) < 4.78 is 0.768. The van der Waals surface area contributed by atoms with E-state index in [9.17, 15) is 0 Å². The molecule has 0 bridgehead atoms. The van der Waals surface area contributed by atoms with Gasteiger partial charge in [-0.1, -0.05) is 23.7 Å². The molecule has 0 N–H and O–H groups in total. The normalized spacial score (nSPS) is 10.3. The molecule has 1 heterocycles. The highest BCUT2D eigenvalue weighted by molar-refractivity contribution is 9.10. The molecule has 0 amide bonds. The van der Waals surface area contributed by atoms with Crippen molar-refractivity contribution in [3.05, 3.63) is 45.8 Å². The Kier molecular flexibility index (Phi) is 3.03. The molecule has 0 fully saturated rings. The molecule has 1 aromatic carbocycles. The Bertz CT molecular complexity index is 500. The standard InChI is InChI=1S/C11H8BrClN2/c1-7-2-3-8(4-9(7)13)10-5-11(12)15-6-14-10/h2-6H,1H3. The van der Waals surface area contributed by atoms with Crippen LogP contribution in [0.15, 0.2) is 35.2 Å². The van der Waals surface area contributed by atoms with Crippen molar-refractivity contribution in [3.8, 4) is 11.3 Å². The van der Waals surface area contributed by atoms with Crippen LogP contribution in [0.5, 0.6) is 0 Å². The second kappa shape index (κ2) is 4.29. The van der Waals surface area contributed by atoms with E-state index in [0.717, 1.165) is 26.4 Å². The van der Waals surface area contributed by atoms with E-state index < -0.39 is 0 Å². The molecule has 2 rings (SSSR count). The zero-order valence-corrected chi connectivity index (χ0v) is 10.4. The fourth-order valence-corrected chi connectivity index (χ4v) is 1.73. The number of aromatic nitrogens is 2. The second-order valence-electron chi connectivity index (χ2n) is 3.19. The van der Waals surface area contributed by atoms with Gasteiger partial charge in [-0.25, -0.2) is 9.97 Å². The van der Waals surface area contributed by atoms with E-state index in [1.54, 1.807) is 0 Å². The lowest BCUT2D eigenvalue weighted by Gasteiger charge is -2.03. The number of aryl methyl sites for hydroxylation is 1. The summed E-state index contributed by atoms with van der Waals surface area (Å²) in [6.07, 6.45) is 1.52. The van der Waals surface area contributed by atoms with Crippen LogP contribution in [0.2, 0.25) is 5.02 Å². The van der Waals surface area contributed by atoms with Crippen LogP contribution < -0.4 is 0 Å². The van der Waals surface area contributed by atoms with Gasteiger partial charge in [-0.3, -0.25) is 0 Å². The van der Waals surface area contributed by atoms with Gasteiger partial charge in [-0.2, -0.15) is 0 Å². The molecule has 0 saturated heterocycles. The highest BCUT2D eigenvalue weighted by Gasteiger charge is 2.02. The van der Waals surface area contributed by atoms with Gasteiger partial charge in [0, 0.05) is 10.6 Å². The molecule has 0 aliphatic carbocycles. The number of rotatable bonds is 1. The van der Waals surface area contributed by atoms with E-state index in [-0.39, 0.29) is 0 Å². The molecule has 1 aromatic heterocycles. The molecular formula is C11H8BrClN2. The summed E-state index contributed by atoms with van der Waals surface area (Å²) in [5.74, 6) is 0. The molecule has 15 heavy (non-hydrogen) atoms. The topological polar surface area (TPSA) is 25.8 Å². The van der Waals surface area contributed by atoms with Gasteiger partial charge >= 0.3 is 0 Å². The first-order chi connectivity index (χ1) is 7.16. The van der Waals surface area contributed by atoms with E-state index in [1.807, 2.05) is 31.2 Å². The highest BCUT2D eigenvalue weighted by atomic mass is 79.9. The molecule has 2 nitrogen and oxygen atoms in total. The number of hydrogen-bond donors (Lipinski definition) is 0. The molecule has 0 aliphatic heterocycles. The predicted octanol–water partition coefficient (Wildman–Crippen LogP) is 3.87. The molecule has 0 atom stereocenters. The third-order valence-corrected chi connectivity index (χ3v) is 2.94. The molecule has 76 valence electrons. The molecule has 2 aromatic rings. The lowest BCUT2D eigenvalue weighted by molar-refractivity contribution is 1.14. The van der Waals surface area contributed by atoms with Gasteiger partial charge in [-0.15, -0.1) is 0 Å². The van der Waals surface area contributed by atoms with E-state index >= 15 is 0 Å². The lowest BCUT2D eigenvalue weighted by Crippen LogP contribution is -1.86. The summed E-state index contributed by atoms with van der Waals surface area (Å²) in [6.45, 7) is 1.97. The summed E-state index contributed by atoms with van der Waals surface area (Å²) in [5.41, 5.74) is 2.92. The minimum Gasteiger partial charge on any atom is -0.236 e. The molecular weight excluding hydrogens is 275 g/mol. The van der Waals surface area contributed by atoms with Crippen LogP contribution in [-0.4, -0.2) is 9.97 Å². The predicted molar refractivity (Wildman–Crippen MR) is 64.9 cm³/mol. The first kappa shape index (κ1) is 10.6. The maximum atomic E-state index is 6.05. The fraction of sp³-hybridized carbons (Fsp3) is 0.0909. The van der Waals surface area contributed by atoms with Gasteiger partial charge < -0.3 is 0 Å². The number of benzene rings is 1. The monoisotopic (exact) mass is 282 g/mol. The third-order valence-electron chi connectivity index (χ3n) is 2.10. The number of halogens is 2. The Hall–Kier alpha value is -0.930. The van der Waals surface area contributed by atoms with Gasteiger partial charge in [0.1, 0.15) is 10.9 Å². The molecule has 0 spiro atoms. The van der Waals surface area contributed by atoms with E-state index in [4.69, 9.17) is 11.6 Å². The summed E-state index contributed by atoms with van der Waals surface area (Å²) in [5, 5.41) is 0.752.